The summed E-state index contributed by atoms with van der Waals surface area (Å²) in [6.45, 7) is 0.235. The summed E-state index contributed by atoms with van der Waals surface area (Å²) in [6, 6.07) is 26.6. The van der Waals surface area contributed by atoms with Gasteiger partial charge in [-0.15, -0.1) is 5.10 Å². The predicted octanol–water partition coefficient (Wildman–Crippen LogP) is 6.02. The third kappa shape index (κ3) is 5.92. The number of hydrogen-bond donors (Lipinski definition) is 2. The monoisotopic (exact) mass is 591 g/mol. The second-order valence-electron chi connectivity index (χ2n) is 10.4. The van der Waals surface area contributed by atoms with Gasteiger partial charge in [-0.05, 0) is 84.5 Å². The predicted molar refractivity (Wildman–Crippen MR) is 160 cm³/mol. The Labute approximate surface area is 252 Å². The molecule has 0 spiro atoms. The van der Waals surface area contributed by atoms with Crippen molar-refractivity contribution < 1.29 is 19.4 Å². The van der Waals surface area contributed by atoms with Crippen molar-refractivity contribution in [2.75, 3.05) is 0 Å². The third-order valence-electron chi connectivity index (χ3n) is 7.58. The van der Waals surface area contributed by atoms with Crippen molar-refractivity contribution in [1.29, 1.82) is 5.26 Å². The molecule has 10 heteroatoms. The second kappa shape index (κ2) is 12.0. The van der Waals surface area contributed by atoms with E-state index in [2.05, 4.69) is 27.8 Å². The van der Waals surface area contributed by atoms with Crippen LogP contribution in [0.3, 0.4) is 0 Å². The maximum absolute atomic E-state index is 13.2. The van der Waals surface area contributed by atoms with Crippen LogP contribution in [0, 0.1) is 11.3 Å². The molecular formula is C33H26ClN5O4. The Morgan fingerprint density at radius 2 is 1.95 bits per heavy atom. The molecule has 1 aliphatic carbocycles. The average Bonchev–Trinajstić information content (AvgIpc) is 3.43. The van der Waals surface area contributed by atoms with Gasteiger partial charge in [0.15, 0.2) is 0 Å². The van der Waals surface area contributed by atoms with E-state index in [0.29, 0.717) is 44.1 Å². The number of aliphatic carboxylic acids is 1. The molecule has 9 nitrogen and oxygen atoms in total. The van der Waals surface area contributed by atoms with Gasteiger partial charge in [0, 0.05) is 16.1 Å². The minimum absolute atomic E-state index is 0.0310. The first-order valence-electron chi connectivity index (χ1n) is 13.8. The molecule has 214 valence electrons. The topological polar surface area (TPSA) is 130 Å². The number of ether oxygens (including phenoxy) is 1. The molecule has 1 aliphatic rings. The lowest BCUT2D eigenvalue weighted by Gasteiger charge is -2.26. The molecule has 0 radical (unpaired) electrons. The van der Waals surface area contributed by atoms with Crippen molar-refractivity contribution >= 4 is 34.5 Å². The molecule has 6 rings (SSSR count). The van der Waals surface area contributed by atoms with Crippen molar-refractivity contribution in [3.8, 4) is 11.8 Å². The fourth-order valence-electron chi connectivity index (χ4n) is 5.45. The molecular weight excluding hydrogens is 566 g/mol. The molecule has 2 atom stereocenters. The average molecular weight is 592 g/mol. The smallest absolute Gasteiger partial charge is 0.349 e. The Kier molecular flexibility index (Phi) is 7.77. The van der Waals surface area contributed by atoms with Gasteiger partial charge in [0.25, 0.3) is 5.91 Å². The summed E-state index contributed by atoms with van der Waals surface area (Å²) in [5, 5.41) is 31.2. The van der Waals surface area contributed by atoms with Gasteiger partial charge >= 0.3 is 5.97 Å². The van der Waals surface area contributed by atoms with E-state index < -0.39 is 12.1 Å². The second-order valence-corrected chi connectivity index (χ2v) is 10.8. The summed E-state index contributed by atoms with van der Waals surface area (Å²) < 4.78 is 7.49. The highest BCUT2D eigenvalue weighted by Gasteiger charge is 2.24. The zero-order valence-electron chi connectivity index (χ0n) is 22.9. The van der Waals surface area contributed by atoms with Gasteiger partial charge in [-0.1, -0.05) is 53.2 Å². The first-order valence-corrected chi connectivity index (χ1v) is 14.2. The number of aromatic nitrogens is 3. The molecule has 1 heterocycles. The van der Waals surface area contributed by atoms with Crippen molar-refractivity contribution in [3.63, 3.8) is 0 Å². The normalized spacial score (nSPS) is 14.8. The zero-order chi connectivity index (χ0) is 29.9. The number of carbonyl (C=O) groups is 2. The summed E-state index contributed by atoms with van der Waals surface area (Å²) in [5.74, 6) is -1.07. The SMILES string of the molecule is N#Cc1cccc(C(Oc2ccc(Cl)c(Cn3nnc4cc(C(=O)NC5CCCc6ccccc65)ccc43)c2)C(=O)O)c1. The van der Waals surface area contributed by atoms with E-state index in [9.17, 15) is 20.0 Å². The number of aryl methyl sites for hydroxylation is 1. The van der Waals surface area contributed by atoms with Gasteiger partial charge in [-0.3, -0.25) is 4.79 Å². The van der Waals surface area contributed by atoms with Crippen LogP contribution in [0.2, 0.25) is 5.02 Å². The Balaban J connectivity index is 1.20. The van der Waals surface area contributed by atoms with Crippen molar-refractivity contribution in [2.45, 2.75) is 38.0 Å². The standard InChI is InChI=1S/C33H26ClN5O4/c34-27-13-12-25(43-31(33(41)42)22-8-3-5-20(15-22)18-35)16-24(27)19-39-30-14-11-23(17-29(30)37-38-39)32(40)36-28-10-4-7-21-6-1-2-9-26(21)28/h1-3,5-6,8-9,11-17,28,31H,4,7,10,19H2,(H,36,40)(H,41,42). The fraction of sp³-hybridized carbons (Fsp3) is 0.182. The van der Waals surface area contributed by atoms with Crippen molar-refractivity contribution in [2.24, 2.45) is 0 Å². The number of carboxylic acid groups (broad SMARTS) is 1. The fourth-order valence-corrected chi connectivity index (χ4v) is 5.63. The maximum Gasteiger partial charge on any atom is 0.349 e. The lowest BCUT2D eigenvalue weighted by atomic mass is 9.87. The number of fused-ring (bicyclic) bond motifs is 2. The largest absolute Gasteiger partial charge is 0.478 e. The van der Waals surface area contributed by atoms with Gasteiger partial charge in [0.2, 0.25) is 6.10 Å². The van der Waals surface area contributed by atoms with E-state index in [1.807, 2.05) is 18.2 Å². The molecule has 5 aromatic rings. The summed E-state index contributed by atoms with van der Waals surface area (Å²) >= 11 is 6.49. The molecule has 43 heavy (non-hydrogen) atoms. The van der Waals surface area contributed by atoms with Gasteiger partial charge in [0.05, 0.1) is 29.7 Å². The van der Waals surface area contributed by atoms with Crippen LogP contribution in [-0.2, 0) is 17.8 Å². The molecule has 4 aromatic carbocycles. The Hall–Kier alpha value is -5.20. The highest BCUT2D eigenvalue weighted by molar-refractivity contribution is 6.31. The van der Waals surface area contributed by atoms with E-state index >= 15 is 0 Å². The maximum atomic E-state index is 13.2. The van der Waals surface area contributed by atoms with E-state index in [1.165, 1.54) is 17.2 Å². The van der Waals surface area contributed by atoms with Crippen LogP contribution in [0.4, 0.5) is 0 Å². The summed E-state index contributed by atoms with van der Waals surface area (Å²) in [5.41, 5.74) is 5.52. The molecule has 0 aliphatic heterocycles. The number of carbonyl (C=O) groups excluding carboxylic acids is 1. The number of nitrogens with one attached hydrogen (secondary N) is 1. The number of rotatable bonds is 8. The van der Waals surface area contributed by atoms with Crippen LogP contribution >= 0.6 is 11.6 Å². The van der Waals surface area contributed by atoms with Crippen molar-refractivity contribution in [1.82, 2.24) is 20.3 Å². The molecule has 1 amide bonds. The number of nitriles is 1. The minimum atomic E-state index is -1.32. The molecule has 0 bridgehead atoms. The summed E-state index contributed by atoms with van der Waals surface area (Å²) in [4.78, 5) is 25.2. The molecule has 1 aromatic heterocycles. The number of amides is 1. The summed E-state index contributed by atoms with van der Waals surface area (Å²) in [7, 11) is 0. The van der Waals surface area contributed by atoms with Crippen LogP contribution in [0.1, 0.15) is 63.2 Å². The van der Waals surface area contributed by atoms with E-state index in [0.717, 1.165) is 19.3 Å². The lowest BCUT2D eigenvalue weighted by molar-refractivity contribution is -0.145. The third-order valence-corrected chi connectivity index (χ3v) is 7.95. The number of nitrogens with zero attached hydrogens (tertiary/aromatic N) is 4. The van der Waals surface area contributed by atoms with Crippen LogP contribution in [-0.4, -0.2) is 32.0 Å². The summed E-state index contributed by atoms with van der Waals surface area (Å²) in [6.07, 6.45) is 1.62. The van der Waals surface area contributed by atoms with Crippen molar-refractivity contribution in [3.05, 3.63) is 123 Å². The minimum Gasteiger partial charge on any atom is -0.478 e. The van der Waals surface area contributed by atoms with Crippen LogP contribution < -0.4 is 10.1 Å². The van der Waals surface area contributed by atoms with E-state index in [4.69, 9.17) is 16.3 Å². The van der Waals surface area contributed by atoms with E-state index in [1.54, 1.807) is 59.3 Å². The molecule has 0 fully saturated rings. The zero-order valence-corrected chi connectivity index (χ0v) is 23.7. The molecule has 0 saturated carbocycles. The van der Waals surface area contributed by atoms with Gasteiger partial charge in [0.1, 0.15) is 11.3 Å². The molecule has 2 N–H and O–H groups in total. The first kappa shape index (κ1) is 27.9. The highest BCUT2D eigenvalue weighted by Crippen LogP contribution is 2.31. The molecule has 2 unspecified atom stereocenters. The quantitative estimate of drug-likeness (QED) is 0.226. The van der Waals surface area contributed by atoms with Crippen LogP contribution in [0.25, 0.3) is 11.0 Å². The van der Waals surface area contributed by atoms with Crippen LogP contribution in [0.5, 0.6) is 5.75 Å². The van der Waals surface area contributed by atoms with E-state index in [-0.39, 0.29) is 18.5 Å². The number of benzene rings is 4. The Bertz CT molecular complexity index is 1900. The highest BCUT2D eigenvalue weighted by atomic mass is 35.5. The van der Waals surface area contributed by atoms with Crippen LogP contribution in [0.15, 0.2) is 84.9 Å². The van der Waals surface area contributed by atoms with Gasteiger partial charge in [-0.2, -0.15) is 5.26 Å². The first-order chi connectivity index (χ1) is 20.9. The Morgan fingerprint density at radius 3 is 2.79 bits per heavy atom. The number of hydrogen-bond acceptors (Lipinski definition) is 6. The van der Waals surface area contributed by atoms with Gasteiger partial charge in [-0.25, -0.2) is 9.48 Å². The van der Waals surface area contributed by atoms with Gasteiger partial charge < -0.3 is 15.2 Å². The number of carboxylic acids is 1. The number of halogens is 1. The lowest BCUT2D eigenvalue weighted by Crippen LogP contribution is -2.30. The Morgan fingerprint density at radius 1 is 1.09 bits per heavy atom. The molecule has 0 saturated heterocycles.